The van der Waals surface area contributed by atoms with Gasteiger partial charge in [0.15, 0.2) is 0 Å². The molecule has 0 heteroatoms. The highest BCUT2D eigenvalue weighted by Crippen LogP contribution is 2.08. The van der Waals surface area contributed by atoms with Crippen molar-refractivity contribution in [2.45, 2.75) is 46.5 Å². The maximum atomic E-state index is 3.79. The Morgan fingerprint density at radius 1 is 1.31 bits per heavy atom. The molecule has 0 aliphatic carbocycles. The minimum Gasteiger partial charge on any atom is -0.0988 e. The highest BCUT2D eigenvalue weighted by Gasteiger charge is 1.88. The molecule has 0 spiro atoms. The number of rotatable bonds is 6. The molecule has 0 rings (SSSR count). The van der Waals surface area contributed by atoms with Crippen molar-refractivity contribution in [1.82, 2.24) is 0 Å². The van der Waals surface area contributed by atoms with Crippen LogP contribution in [0.3, 0.4) is 0 Å². The second-order valence-electron chi connectivity index (χ2n) is 3.37. The Hall–Kier alpha value is -0.780. The molecule has 0 aromatic rings. The van der Waals surface area contributed by atoms with Gasteiger partial charge in [-0.2, -0.15) is 0 Å². The van der Waals surface area contributed by atoms with Crippen LogP contribution in [0.15, 0.2) is 36.0 Å². The first-order valence-corrected chi connectivity index (χ1v) is 5.24. The molecule has 0 aliphatic rings. The Morgan fingerprint density at radius 3 is 2.46 bits per heavy atom. The molecule has 0 fully saturated rings. The summed E-state index contributed by atoms with van der Waals surface area (Å²) in [6, 6.07) is 0. The van der Waals surface area contributed by atoms with E-state index in [-0.39, 0.29) is 0 Å². The molecule has 0 aromatic carbocycles. The molecule has 0 saturated carbocycles. The van der Waals surface area contributed by atoms with Crippen LogP contribution in [-0.2, 0) is 0 Å². The first kappa shape index (κ1) is 12.2. The van der Waals surface area contributed by atoms with Crippen molar-refractivity contribution in [3.8, 4) is 0 Å². The summed E-state index contributed by atoms with van der Waals surface area (Å²) in [5, 5.41) is 0. The van der Waals surface area contributed by atoms with Crippen molar-refractivity contribution in [2.24, 2.45) is 0 Å². The van der Waals surface area contributed by atoms with Crippen molar-refractivity contribution in [3.63, 3.8) is 0 Å². The summed E-state index contributed by atoms with van der Waals surface area (Å²) >= 11 is 0. The summed E-state index contributed by atoms with van der Waals surface area (Å²) < 4.78 is 0. The number of unbranched alkanes of at least 4 members (excludes halogenated alkanes) is 2. The number of hydrogen-bond acceptors (Lipinski definition) is 0. The Bertz CT molecular complexity index is 194. The maximum absolute atomic E-state index is 3.79. The van der Waals surface area contributed by atoms with Crippen LogP contribution in [0.5, 0.6) is 0 Å². The van der Waals surface area contributed by atoms with Crippen LogP contribution in [0.4, 0.5) is 0 Å². The first-order chi connectivity index (χ1) is 6.24. The zero-order valence-electron chi connectivity index (χ0n) is 9.27. The first-order valence-electron chi connectivity index (χ1n) is 5.24. The lowest BCUT2D eigenvalue weighted by atomic mass is 10.1. The van der Waals surface area contributed by atoms with Gasteiger partial charge in [0.1, 0.15) is 0 Å². The van der Waals surface area contributed by atoms with E-state index in [2.05, 4.69) is 39.5 Å². The molecule has 0 N–H and O–H groups in total. The predicted molar refractivity (Wildman–Crippen MR) is 61.9 cm³/mol. The van der Waals surface area contributed by atoms with Crippen LogP contribution >= 0.6 is 0 Å². The SMILES string of the molecule is C=C/C(=C\C(C)=C/CCCC)CC. The van der Waals surface area contributed by atoms with Gasteiger partial charge in [0, 0.05) is 0 Å². The lowest BCUT2D eigenvalue weighted by Gasteiger charge is -1.97. The monoisotopic (exact) mass is 178 g/mol. The third-order valence-corrected chi connectivity index (χ3v) is 2.11. The van der Waals surface area contributed by atoms with E-state index in [1.807, 2.05) is 6.08 Å². The van der Waals surface area contributed by atoms with Gasteiger partial charge < -0.3 is 0 Å². The summed E-state index contributed by atoms with van der Waals surface area (Å²) in [6.07, 6.45) is 11.3. The van der Waals surface area contributed by atoms with Crippen LogP contribution in [0.1, 0.15) is 46.5 Å². The quantitative estimate of drug-likeness (QED) is 0.410. The maximum Gasteiger partial charge on any atom is -0.0308 e. The van der Waals surface area contributed by atoms with Crippen LogP contribution in [0.2, 0.25) is 0 Å². The van der Waals surface area contributed by atoms with Gasteiger partial charge in [-0.3, -0.25) is 0 Å². The van der Waals surface area contributed by atoms with Gasteiger partial charge in [-0.05, 0) is 25.3 Å². The van der Waals surface area contributed by atoms with E-state index >= 15 is 0 Å². The van der Waals surface area contributed by atoms with Gasteiger partial charge in [0.2, 0.25) is 0 Å². The molecular formula is C13H22. The molecule has 13 heavy (non-hydrogen) atoms. The van der Waals surface area contributed by atoms with Crippen LogP contribution in [-0.4, -0.2) is 0 Å². The van der Waals surface area contributed by atoms with Crippen LogP contribution in [0.25, 0.3) is 0 Å². The van der Waals surface area contributed by atoms with E-state index in [1.54, 1.807) is 0 Å². The normalized spacial score (nSPS) is 13.2. The van der Waals surface area contributed by atoms with Gasteiger partial charge in [0.05, 0.1) is 0 Å². The molecule has 0 nitrogen and oxygen atoms in total. The summed E-state index contributed by atoms with van der Waals surface area (Å²) in [5.41, 5.74) is 2.69. The zero-order chi connectivity index (χ0) is 10.1. The molecule has 0 atom stereocenters. The Labute approximate surface area is 83.0 Å². The number of hydrogen-bond donors (Lipinski definition) is 0. The summed E-state index contributed by atoms with van der Waals surface area (Å²) in [6.45, 7) is 10.3. The second-order valence-corrected chi connectivity index (χ2v) is 3.37. The summed E-state index contributed by atoms with van der Waals surface area (Å²) in [5.74, 6) is 0. The second kappa shape index (κ2) is 7.85. The van der Waals surface area contributed by atoms with Gasteiger partial charge >= 0.3 is 0 Å². The number of allylic oxidation sites excluding steroid dienone is 5. The molecular weight excluding hydrogens is 156 g/mol. The van der Waals surface area contributed by atoms with Crippen molar-refractivity contribution in [2.75, 3.05) is 0 Å². The van der Waals surface area contributed by atoms with E-state index in [4.69, 9.17) is 0 Å². The molecule has 0 radical (unpaired) electrons. The van der Waals surface area contributed by atoms with Gasteiger partial charge in [0.25, 0.3) is 0 Å². The van der Waals surface area contributed by atoms with Crippen LogP contribution < -0.4 is 0 Å². The Balaban J connectivity index is 4.08. The highest BCUT2D eigenvalue weighted by molar-refractivity contribution is 5.27. The third-order valence-electron chi connectivity index (χ3n) is 2.11. The smallest absolute Gasteiger partial charge is 0.0308 e. The molecule has 0 aliphatic heterocycles. The highest BCUT2D eigenvalue weighted by atomic mass is 13.9. The summed E-state index contributed by atoms with van der Waals surface area (Å²) in [7, 11) is 0. The minimum atomic E-state index is 1.07. The fraction of sp³-hybridized carbons (Fsp3) is 0.538. The fourth-order valence-corrected chi connectivity index (χ4v) is 1.19. The predicted octanol–water partition coefficient (Wildman–Crippen LogP) is 4.65. The van der Waals surface area contributed by atoms with Gasteiger partial charge in [-0.1, -0.05) is 57.1 Å². The standard InChI is InChI=1S/C13H22/c1-5-8-9-10-12(4)11-13(6-2)7-3/h6,10-11H,2,5,7-9H2,1,3-4H3/b12-10-,13-11+. The van der Waals surface area contributed by atoms with E-state index in [0.29, 0.717) is 0 Å². The molecule has 0 unspecified atom stereocenters. The van der Waals surface area contributed by atoms with Gasteiger partial charge in [-0.25, -0.2) is 0 Å². The van der Waals surface area contributed by atoms with E-state index in [0.717, 1.165) is 6.42 Å². The Kier molecular flexibility index (Phi) is 7.38. The molecule has 0 heterocycles. The molecule has 0 amide bonds. The Morgan fingerprint density at radius 2 is 2.00 bits per heavy atom. The topological polar surface area (TPSA) is 0 Å². The lowest BCUT2D eigenvalue weighted by Crippen LogP contribution is -1.77. The largest absolute Gasteiger partial charge is 0.0988 e. The average molecular weight is 178 g/mol. The van der Waals surface area contributed by atoms with Crippen molar-refractivity contribution in [3.05, 3.63) is 36.0 Å². The van der Waals surface area contributed by atoms with E-state index in [9.17, 15) is 0 Å². The third kappa shape index (κ3) is 6.39. The molecule has 0 bridgehead atoms. The molecule has 0 saturated heterocycles. The minimum absolute atomic E-state index is 1.07. The average Bonchev–Trinajstić information content (AvgIpc) is 2.14. The van der Waals surface area contributed by atoms with Crippen LogP contribution in [0, 0.1) is 0 Å². The summed E-state index contributed by atoms with van der Waals surface area (Å²) in [4.78, 5) is 0. The fourth-order valence-electron chi connectivity index (χ4n) is 1.19. The zero-order valence-corrected chi connectivity index (χ0v) is 9.27. The van der Waals surface area contributed by atoms with Crippen molar-refractivity contribution in [1.29, 1.82) is 0 Å². The van der Waals surface area contributed by atoms with E-state index in [1.165, 1.54) is 30.4 Å². The van der Waals surface area contributed by atoms with Crippen molar-refractivity contribution < 1.29 is 0 Å². The molecule has 0 aromatic heterocycles. The van der Waals surface area contributed by atoms with Gasteiger partial charge in [-0.15, -0.1) is 0 Å². The molecule has 74 valence electrons. The van der Waals surface area contributed by atoms with E-state index < -0.39 is 0 Å². The lowest BCUT2D eigenvalue weighted by molar-refractivity contribution is 0.812. The van der Waals surface area contributed by atoms with Crippen molar-refractivity contribution >= 4 is 0 Å².